The highest BCUT2D eigenvalue weighted by atomic mass is 16.5. The van der Waals surface area contributed by atoms with Gasteiger partial charge in [-0.05, 0) is 23.8 Å². The van der Waals surface area contributed by atoms with Gasteiger partial charge in [-0.15, -0.1) is 0 Å². The summed E-state index contributed by atoms with van der Waals surface area (Å²) < 4.78 is 4.88. The summed E-state index contributed by atoms with van der Waals surface area (Å²) >= 11 is 0. The lowest BCUT2D eigenvalue weighted by Gasteiger charge is -2.18. The predicted molar refractivity (Wildman–Crippen MR) is 130 cm³/mol. The number of aliphatic hydroxyl groups excluding tert-OH is 1. The molecule has 10 nitrogen and oxygen atoms in total. The van der Waals surface area contributed by atoms with E-state index in [1.165, 1.54) is 18.1 Å². The van der Waals surface area contributed by atoms with E-state index < -0.39 is 11.9 Å². The van der Waals surface area contributed by atoms with Crippen molar-refractivity contribution in [1.29, 1.82) is 0 Å². The quantitative estimate of drug-likeness (QED) is 0.344. The first kappa shape index (κ1) is 23.7. The molecule has 1 aliphatic rings. The van der Waals surface area contributed by atoms with Gasteiger partial charge >= 0.3 is 5.97 Å². The fourth-order valence-electron chi connectivity index (χ4n) is 3.74. The number of hydrogen-bond acceptors (Lipinski definition) is 8. The van der Waals surface area contributed by atoms with Crippen molar-refractivity contribution in [3.63, 3.8) is 0 Å². The number of aromatic nitrogens is 2. The molecule has 180 valence electrons. The number of amides is 1. The van der Waals surface area contributed by atoms with Crippen molar-refractivity contribution >= 4 is 23.3 Å². The molecular weight excluding hydrogens is 450 g/mol. The Hall–Kier alpha value is -4.44. The first-order chi connectivity index (χ1) is 17.0. The summed E-state index contributed by atoms with van der Waals surface area (Å²) in [6.07, 6.45) is 0. The molecule has 1 amide bonds. The van der Waals surface area contributed by atoms with Gasteiger partial charge in [0.2, 0.25) is 0 Å². The van der Waals surface area contributed by atoms with Crippen LogP contribution in [0.15, 0.2) is 76.7 Å². The monoisotopic (exact) mass is 475 g/mol. The van der Waals surface area contributed by atoms with Crippen LogP contribution >= 0.6 is 0 Å². The van der Waals surface area contributed by atoms with Crippen LogP contribution in [0.1, 0.15) is 5.56 Å². The molecule has 1 aliphatic heterocycles. The molecule has 4 N–H and O–H groups in total. The normalized spacial score (nSPS) is 13.2. The maximum absolute atomic E-state index is 13.0. The van der Waals surface area contributed by atoms with E-state index in [1.54, 1.807) is 12.1 Å². The van der Waals surface area contributed by atoms with Gasteiger partial charge in [0, 0.05) is 24.7 Å². The van der Waals surface area contributed by atoms with Crippen molar-refractivity contribution in [2.24, 2.45) is 0 Å². The lowest BCUT2D eigenvalue weighted by Crippen LogP contribution is -2.31. The van der Waals surface area contributed by atoms with Gasteiger partial charge in [0.25, 0.3) is 11.5 Å². The number of H-pyrrole nitrogens is 1. The van der Waals surface area contributed by atoms with E-state index in [1.807, 2.05) is 42.5 Å². The SMILES string of the molecule is COC(=O)C1=C(Nc2cc(-c3ccc(=O)[nH]n3)ccc2NCc2ccccc2)C(=O)N(CCO)C1. The lowest BCUT2D eigenvalue weighted by atomic mass is 10.1. The van der Waals surface area contributed by atoms with Crippen molar-refractivity contribution in [3.05, 3.63) is 87.9 Å². The second-order valence-electron chi connectivity index (χ2n) is 7.83. The van der Waals surface area contributed by atoms with E-state index in [9.17, 15) is 19.5 Å². The number of anilines is 2. The highest BCUT2D eigenvalue weighted by Crippen LogP contribution is 2.32. The van der Waals surface area contributed by atoms with Crippen LogP contribution in [0.2, 0.25) is 0 Å². The number of esters is 1. The number of benzene rings is 2. The zero-order valence-electron chi connectivity index (χ0n) is 19.1. The third kappa shape index (κ3) is 5.39. The van der Waals surface area contributed by atoms with Crippen molar-refractivity contribution in [2.45, 2.75) is 6.54 Å². The molecule has 0 saturated carbocycles. The van der Waals surface area contributed by atoms with Gasteiger partial charge in [0.05, 0.1) is 42.9 Å². The van der Waals surface area contributed by atoms with Crippen molar-refractivity contribution in [1.82, 2.24) is 15.1 Å². The summed E-state index contributed by atoms with van der Waals surface area (Å²) in [5.41, 5.74) is 3.43. The summed E-state index contributed by atoms with van der Waals surface area (Å²) in [4.78, 5) is 38.2. The summed E-state index contributed by atoms with van der Waals surface area (Å²) in [5, 5.41) is 22.3. The zero-order valence-corrected chi connectivity index (χ0v) is 19.1. The van der Waals surface area contributed by atoms with Crippen molar-refractivity contribution < 1.29 is 19.4 Å². The van der Waals surface area contributed by atoms with Crippen molar-refractivity contribution in [2.75, 3.05) is 37.4 Å². The summed E-state index contributed by atoms with van der Waals surface area (Å²) in [6.45, 7) is 0.414. The number of nitrogens with one attached hydrogen (secondary N) is 3. The number of nitrogens with zero attached hydrogens (tertiary/aromatic N) is 2. The highest BCUT2D eigenvalue weighted by Gasteiger charge is 2.34. The highest BCUT2D eigenvalue weighted by molar-refractivity contribution is 6.09. The van der Waals surface area contributed by atoms with Gasteiger partial charge in [-0.25, -0.2) is 9.89 Å². The Bertz CT molecular complexity index is 1300. The molecule has 2 heterocycles. The van der Waals surface area contributed by atoms with E-state index in [-0.39, 0.29) is 36.5 Å². The van der Waals surface area contributed by atoms with E-state index in [0.717, 1.165) is 5.56 Å². The molecule has 0 atom stereocenters. The van der Waals surface area contributed by atoms with Gasteiger partial charge in [0.1, 0.15) is 5.70 Å². The van der Waals surface area contributed by atoms with Gasteiger partial charge in [-0.1, -0.05) is 36.4 Å². The van der Waals surface area contributed by atoms with Crippen LogP contribution in [0.4, 0.5) is 11.4 Å². The van der Waals surface area contributed by atoms with E-state index in [2.05, 4.69) is 20.8 Å². The fraction of sp³-hybridized carbons (Fsp3) is 0.200. The molecular formula is C25H25N5O5. The molecule has 3 aromatic rings. The second-order valence-corrected chi connectivity index (χ2v) is 7.83. The average Bonchev–Trinajstić information content (AvgIpc) is 3.19. The average molecular weight is 476 g/mol. The van der Waals surface area contributed by atoms with E-state index >= 15 is 0 Å². The molecule has 4 rings (SSSR count). The predicted octanol–water partition coefficient (Wildman–Crippen LogP) is 1.72. The number of methoxy groups -OCH3 is 1. The second kappa shape index (κ2) is 10.7. The molecule has 2 aromatic carbocycles. The standard InChI is InChI=1S/C25H25N5O5/c1-35-25(34)18-15-30(11-12-31)24(33)23(18)27-21-13-17(19-9-10-22(32)29-28-19)7-8-20(21)26-14-16-5-3-2-4-6-16/h2-10,13,26-27,31H,11-12,14-15H2,1H3,(H,29,32). The number of hydrogen-bond donors (Lipinski definition) is 4. The first-order valence-corrected chi connectivity index (χ1v) is 11.0. The summed E-state index contributed by atoms with van der Waals surface area (Å²) in [7, 11) is 1.25. The maximum Gasteiger partial charge on any atom is 0.337 e. The Labute approximate surface area is 201 Å². The molecule has 0 fully saturated rings. The van der Waals surface area contributed by atoms with Crippen LogP contribution in [-0.2, 0) is 20.9 Å². The lowest BCUT2D eigenvalue weighted by molar-refractivity contribution is -0.136. The maximum atomic E-state index is 13.0. The van der Waals surface area contributed by atoms with Gasteiger partial charge in [-0.3, -0.25) is 9.59 Å². The Morgan fingerprint density at radius 2 is 1.91 bits per heavy atom. The van der Waals surface area contributed by atoms with E-state index in [4.69, 9.17) is 4.74 Å². The van der Waals surface area contributed by atoms with Crippen molar-refractivity contribution in [3.8, 4) is 11.3 Å². The molecule has 35 heavy (non-hydrogen) atoms. The topological polar surface area (TPSA) is 137 Å². The number of β-amino-alcohol motifs (C(OH)–C–C–N with tert-alkyl or cyclic N) is 1. The molecule has 0 unspecified atom stereocenters. The Kier molecular flexibility index (Phi) is 7.22. The minimum absolute atomic E-state index is 0.0301. The molecule has 0 bridgehead atoms. The molecule has 0 radical (unpaired) electrons. The number of ether oxygens (including phenoxy) is 1. The van der Waals surface area contributed by atoms with Crippen LogP contribution in [0, 0.1) is 0 Å². The molecule has 0 aliphatic carbocycles. The Morgan fingerprint density at radius 1 is 1.11 bits per heavy atom. The van der Waals surface area contributed by atoms with Crippen LogP contribution in [-0.4, -0.2) is 58.9 Å². The third-order valence-electron chi connectivity index (χ3n) is 5.53. The van der Waals surface area contributed by atoms with Crippen LogP contribution in [0.25, 0.3) is 11.3 Å². The minimum Gasteiger partial charge on any atom is -0.466 e. The molecule has 1 aromatic heterocycles. The van der Waals surface area contributed by atoms with Gasteiger partial charge in [0.15, 0.2) is 0 Å². The van der Waals surface area contributed by atoms with Crippen LogP contribution < -0.4 is 16.2 Å². The summed E-state index contributed by atoms with van der Waals surface area (Å²) in [5.74, 6) is -1.04. The molecule has 0 saturated heterocycles. The third-order valence-corrected chi connectivity index (χ3v) is 5.53. The Balaban J connectivity index is 1.72. The number of carbonyl (C=O) groups excluding carboxylic acids is 2. The number of aliphatic hydroxyl groups is 1. The molecule has 10 heteroatoms. The van der Waals surface area contributed by atoms with E-state index in [0.29, 0.717) is 29.2 Å². The minimum atomic E-state index is -0.626. The first-order valence-electron chi connectivity index (χ1n) is 11.0. The van der Waals surface area contributed by atoms with Crippen LogP contribution in [0.5, 0.6) is 0 Å². The number of carbonyl (C=O) groups is 2. The largest absolute Gasteiger partial charge is 0.466 e. The van der Waals surface area contributed by atoms with Crippen LogP contribution in [0.3, 0.4) is 0 Å². The Morgan fingerprint density at radius 3 is 2.60 bits per heavy atom. The summed E-state index contributed by atoms with van der Waals surface area (Å²) in [6, 6.07) is 18.2. The van der Waals surface area contributed by atoms with Gasteiger partial charge < -0.3 is 25.4 Å². The number of aromatic amines is 1. The smallest absolute Gasteiger partial charge is 0.337 e. The zero-order chi connectivity index (χ0) is 24.8. The number of rotatable bonds is 9. The fourth-order valence-corrected chi connectivity index (χ4v) is 3.74. The molecule has 0 spiro atoms. The van der Waals surface area contributed by atoms with Gasteiger partial charge in [-0.2, -0.15) is 5.10 Å².